The third-order valence-electron chi connectivity index (χ3n) is 5.87. The monoisotopic (exact) mass is 518 g/mol. The van der Waals surface area contributed by atoms with Gasteiger partial charge in [-0.05, 0) is 43.4 Å². The summed E-state index contributed by atoms with van der Waals surface area (Å²) in [5.41, 5.74) is 1.45. The van der Waals surface area contributed by atoms with Crippen molar-refractivity contribution in [3.05, 3.63) is 63.4 Å². The molecule has 4 aromatic rings. The molecule has 3 aromatic heterocycles. The standard InChI is InChI=1S/C24H21F3N4O2S2/c1-14-4-2-7-16(20(14)33-12-15-5-3-6-15)8-9-17-19(31-10-11-34-23(31)28-17)21(32)30-22-29-18(13-35-22)24(25,26)27/h2,4,7-11,13,15H,3,5-6,12H2,1H3,(H,29,30,32). The molecule has 0 aliphatic heterocycles. The van der Waals surface area contributed by atoms with Crippen molar-refractivity contribution < 1.29 is 22.7 Å². The van der Waals surface area contributed by atoms with Crippen LogP contribution in [0.5, 0.6) is 5.75 Å². The van der Waals surface area contributed by atoms with E-state index < -0.39 is 17.8 Å². The van der Waals surface area contributed by atoms with Crippen LogP contribution in [0, 0.1) is 12.8 Å². The fourth-order valence-corrected chi connectivity index (χ4v) is 5.23. The lowest BCUT2D eigenvalue weighted by molar-refractivity contribution is -0.140. The Kier molecular flexibility index (Phi) is 6.37. The molecule has 0 atom stereocenters. The van der Waals surface area contributed by atoms with Gasteiger partial charge in [-0.15, -0.1) is 22.7 Å². The first-order valence-electron chi connectivity index (χ1n) is 11.0. The summed E-state index contributed by atoms with van der Waals surface area (Å²) < 4.78 is 46.4. The Labute approximate surface area is 207 Å². The Morgan fingerprint density at radius 3 is 2.80 bits per heavy atom. The van der Waals surface area contributed by atoms with Gasteiger partial charge in [0, 0.05) is 22.5 Å². The third-order valence-corrected chi connectivity index (χ3v) is 7.38. The number of hydrogen-bond acceptors (Lipinski definition) is 6. The van der Waals surface area contributed by atoms with Gasteiger partial charge in [0.1, 0.15) is 11.4 Å². The van der Waals surface area contributed by atoms with Crippen LogP contribution >= 0.6 is 22.7 Å². The zero-order valence-electron chi connectivity index (χ0n) is 18.6. The van der Waals surface area contributed by atoms with Crippen LogP contribution < -0.4 is 10.1 Å². The van der Waals surface area contributed by atoms with Crippen molar-refractivity contribution in [2.45, 2.75) is 32.4 Å². The largest absolute Gasteiger partial charge is 0.492 e. The molecule has 0 unspecified atom stereocenters. The summed E-state index contributed by atoms with van der Waals surface area (Å²) in [7, 11) is 0. The van der Waals surface area contributed by atoms with E-state index in [1.807, 2.05) is 31.2 Å². The summed E-state index contributed by atoms with van der Waals surface area (Å²) in [6.07, 6.45) is 4.31. The van der Waals surface area contributed by atoms with Gasteiger partial charge in [-0.1, -0.05) is 24.6 Å². The zero-order valence-corrected chi connectivity index (χ0v) is 20.3. The van der Waals surface area contributed by atoms with Crippen LogP contribution in [0.3, 0.4) is 0 Å². The van der Waals surface area contributed by atoms with E-state index in [1.165, 1.54) is 30.6 Å². The van der Waals surface area contributed by atoms with Crippen LogP contribution in [-0.2, 0) is 6.18 Å². The first kappa shape index (κ1) is 23.6. The van der Waals surface area contributed by atoms with Gasteiger partial charge >= 0.3 is 6.18 Å². The van der Waals surface area contributed by atoms with E-state index in [-0.39, 0.29) is 10.8 Å². The second-order valence-corrected chi connectivity index (χ2v) is 10.1. The van der Waals surface area contributed by atoms with E-state index in [4.69, 9.17) is 4.74 Å². The zero-order chi connectivity index (χ0) is 24.6. The molecule has 5 rings (SSSR count). The van der Waals surface area contributed by atoms with E-state index in [0.717, 1.165) is 33.6 Å². The highest BCUT2D eigenvalue weighted by molar-refractivity contribution is 7.15. The Morgan fingerprint density at radius 2 is 2.09 bits per heavy atom. The topological polar surface area (TPSA) is 68.5 Å². The van der Waals surface area contributed by atoms with Gasteiger partial charge in [0.05, 0.1) is 12.3 Å². The van der Waals surface area contributed by atoms with Crippen LogP contribution in [0.2, 0.25) is 0 Å². The molecule has 182 valence electrons. The normalized spacial score (nSPS) is 14.5. The van der Waals surface area contributed by atoms with Crippen molar-refractivity contribution in [3.8, 4) is 5.75 Å². The first-order chi connectivity index (χ1) is 16.8. The van der Waals surface area contributed by atoms with E-state index in [1.54, 1.807) is 22.1 Å². The van der Waals surface area contributed by atoms with E-state index in [2.05, 4.69) is 15.3 Å². The Morgan fingerprint density at radius 1 is 1.26 bits per heavy atom. The van der Waals surface area contributed by atoms with E-state index in [0.29, 0.717) is 23.2 Å². The van der Waals surface area contributed by atoms with Crippen LogP contribution in [0.1, 0.15) is 52.3 Å². The Hall–Kier alpha value is -3.18. The fraction of sp³-hybridized carbons (Fsp3) is 0.292. The van der Waals surface area contributed by atoms with Crippen LogP contribution in [0.25, 0.3) is 17.1 Å². The van der Waals surface area contributed by atoms with Gasteiger partial charge in [0.15, 0.2) is 15.8 Å². The molecule has 1 aromatic carbocycles. The number of benzene rings is 1. The smallest absolute Gasteiger partial charge is 0.434 e. The molecule has 0 radical (unpaired) electrons. The van der Waals surface area contributed by atoms with Crippen molar-refractivity contribution in [1.29, 1.82) is 0 Å². The number of hydrogen-bond donors (Lipinski definition) is 1. The first-order valence-corrected chi connectivity index (χ1v) is 12.8. The number of thiazole rings is 2. The molecule has 1 aliphatic rings. The second kappa shape index (κ2) is 9.46. The quantitative estimate of drug-likeness (QED) is 0.293. The summed E-state index contributed by atoms with van der Waals surface area (Å²) in [6, 6.07) is 5.86. The number of amides is 1. The van der Waals surface area contributed by atoms with Crippen molar-refractivity contribution in [3.63, 3.8) is 0 Å². The number of carbonyl (C=O) groups is 1. The number of alkyl halides is 3. The molecule has 1 N–H and O–H groups in total. The summed E-state index contributed by atoms with van der Waals surface area (Å²) >= 11 is 2.07. The van der Waals surface area contributed by atoms with Gasteiger partial charge in [-0.3, -0.25) is 14.5 Å². The van der Waals surface area contributed by atoms with Gasteiger partial charge < -0.3 is 4.74 Å². The number of imidazole rings is 1. The number of nitrogens with zero attached hydrogens (tertiary/aromatic N) is 3. The molecule has 1 amide bonds. The minimum Gasteiger partial charge on any atom is -0.492 e. The molecule has 1 saturated carbocycles. The molecule has 3 heterocycles. The molecular formula is C24H21F3N4O2S2. The lowest BCUT2D eigenvalue weighted by atomic mass is 9.86. The maximum absolute atomic E-state index is 13.1. The summed E-state index contributed by atoms with van der Waals surface area (Å²) in [5, 5.41) is 5.00. The minimum absolute atomic E-state index is 0.132. The number of rotatable bonds is 7. The number of carbonyl (C=O) groups excluding carboxylic acids is 1. The number of anilines is 1. The molecule has 0 bridgehead atoms. The average molecular weight is 519 g/mol. The fourth-order valence-electron chi connectivity index (χ4n) is 3.80. The number of halogens is 3. The van der Waals surface area contributed by atoms with Crippen LogP contribution in [0.4, 0.5) is 18.3 Å². The molecule has 1 fully saturated rings. The highest BCUT2D eigenvalue weighted by Crippen LogP contribution is 2.33. The lowest BCUT2D eigenvalue weighted by Crippen LogP contribution is -2.19. The third kappa shape index (κ3) is 4.96. The van der Waals surface area contributed by atoms with Crippen molar-refractivity contribution >= 4 is 50.8 Å². The lowest BCUT2D eigenvalue weighted by Gasteiger charge is -2.26. The summed E-state index contributed by atoms with van der Waals surface area (Å²) in [5.74, 6) is 0.792. The van der Waals surface area contributed by atoms with Gasteiger partial charge in [-0.2, -0.15) is 13.2 Å². The van der Waals surface area contributed by atoms with Crippen molar-refractivity contribution in [2.75, 3.05) is 11.9 Å². The second-order valence-electron chi connectivity index (χ2n) is 8.33. The minimum atomic E-state index is -4.57. The molecule has 6 nitrogen and oxygen atoms in total. The number of aromatic nitrogens is 3. The molecule has 11 heteroatoms. The molecule has 35 heavy (non-hydrogen) atoms. The van der Waals surface area contributed by atoms with Crippen molar-refractivity contribution in [1.82, 2.24) is 14.4 Å². The number of nitrogens with one attached hydrogen (secondary N) is 1. The summed E-state index contributed by atoms with van der Waals surface area (Å²) in [4.78, 5) is 21.7. The maximum Gasteiger partial charge on any atom is 0.434 e. The predicted octanol–water partition coefficient (Wildman–Crippen LogP) is 6.78. The Balaban J connectivity index is 1.42. The van der Waals surface area contributed by atoms with Gasteiger partial charge in [-0.25, -0.2) is 9.97 Å². The van der Waals surface area contributed by atoms with Crippen LogP contribution in [0.15, 0.2) is 35.2 Å². The predicted molar refractivity (Wildman–Crippen MR) is 131 cm³/mol. The highest BCUT2D eigenvalue weighted by atomic mass is 32.1. The average Bonchev–Trinajstić information content (AvgIpc) is 3.48. The van der Waals surface area contributed by atoms with E-state index in [9.17, 15) is 18.0 Å². The number of fused-ring (bicyclic) bond motifs is 1. The van der Waals surface area contributed by atoms with Gasteiger partial charge in [0.2, 0.25) is 0 Å². The molecule has 0 spiro atoms. The van der Waals surface area contributed by atoms with Crippen molar-refractivity contribution in [2.24, 2.45) is 5.92 Å². The molecule has 1 aliphatic carbocycles. The molecule has 0 saturated heterocycles. The van der Waals surface area contributed by atoms with Gasteiger partial charge in [0.25, 0.3) is 5.91 Å². The maximum atomic E-state index is 13.1. The number of para-hydroxylation sites is 1. The van der Waals surface area contributed by atoms with E-state index >= 15 is 0 Å². The molecular weight excluding hydrogens is 497 g/mol. The highest BCUT2D eigenvalue weighted by Gasteiger charge is 2.34. The van der Waals surface area contributed by atoms with Crippen LogP contribution in [-0.4, -0.2) is 26.9 Å². The Bertz CT molecular complexity index is 1400. The SMILES string of the molecule is Cc1cccc(C=Cc2nc3sccn3c2C(=O)Nc2nc(C(F)(F)F)cs2)c1OCC1CCC1. The number of aryl methyl sites for hydroxylation is 1. The number of ether oxygens (including phenoxy) is 1. The summed E-state index contributed by atoms with van der Waals surface area (Å²) in [6.45, 7) is 2.66.